The number of H-pyrrole nitrogens is 1. The number of aromatic nitrogens is 2. The highest BCUT2D eigenvalue weighted by molar-refractivity contribution is 5.16. The summed E-state index contributed by atoms with van der Waals surface area (Å²) in [7, 11) is 0. The van der Waals surface area contributed by atoms with Crippen LogP contribution in [0.2, 0.25) is 0 Å². The van der Waals surface area contributed by atoms with Crippen LogP contribution >= 0.6 is 0 Å². The van der Waals surface area contributed by atoms with Crippen LogP contribution < -0.4 is 0 Å². The zero-order valence-electron chi connectivity index (χ0n) is 8.02. The molecule has 0 amide bonds. The predicted octanol–water partition coefficient (Wildman–Crippen LogP) is 2.62. The van der Waals surface area contributed by atoms with Gasteiger partial charge in [0.15, 0.2) is 0 Å². The van der Waals surface area contributed by atoms with Crippen molar-refractivity contribution in [2.24, 2.45) is 5.41 Å². The summed E-state index contributed by atoms with van der Waals surface area (Å²) in [6, 6.07) is 2.17. The Morgan fingerprint density at radius 3 is 2.58 bits per heavy atom. The van der Waals surface area contributed by atoms with Gasteiger partial charge < -0.3 is 0 Å². The number of hydrogen-bond donors (Lipinski definition) is 1. The van der Waals surface area contributed by atoms with Crippen molar-refractivity contribution in [1.82, 2.24) is 10.2 Å². The van der Waals surface area contributed by atoms with Crippen LogP contribution in [0.3, 0.4) is 0 Å². The lowest BCUT2D eigenvalue weighted by Gasteiger charge is -2.42. The lowest BCUT2D eigenvalue weighted by Crippen LogP contribution is -2.29. The molecule has 0 aromatic carbocycles. The first-order valence-corrected chi connectivity index (χ1v) is 4.59. The first-order chi connectivity index (χ1) is 5.57. The number of aromatic amines is 1. The topological polar surface area (TPSA) is 28.7 Å². The van der Waals surface area contributed by atoms with Crippen LogP contribution in [-0.4, -0.2) is 10.2 Å². The molecular formula is C10H16N2. The van der Waals surface area contributed by atoms with Crippen molar-refractivity contribution < 1.29 is 0 Å². The summed E-state index contributed by atoms with van der Waals surface area (Å²) in [6.07, 6.45) is 2.60. The molecule has 0 saturated heterocycles. The Hall–Kier alpha value is -0.790. The maximum Gasteiger partial charge on any atom is 0.0594 e. The second-order valence-electron chi connectivity index (χ2n) is 4.73. The van der Waals surface area contributed by atoms with Crippen molar-refractivity contribution in [2.45, 2.75) is 39.5 Å². The van der Waals surface area contributed by atoms with Crippen LogP contribution in [0.15, 0.2) is 6.07 Å². The Kier molecular flexibility index (Phi) is 1.53. The van der Waals surface area contributed by atoms with E-state index in [0.29, 0.717) is 5.41 Å². The molecule has 2 rings (SSSR count). The highest BCUT2D eigenvalue weighted by Gasteiger charge is 2.37. The van der Waals surface area contributed by atoms with E-state index in [2.05, 4.69) is 30.1 Å². The SMILES string of the molecule is Cc1cc(C2CC(C)(C)C2)[nH]n1. The molecule has 1 fully saturated rings. The highest BCUT2D eigenvalue weighted by atomic mass is 15.1. The lowest BCUT2D eigenvalue weighted by molar-refractivity contribution is 0.148. The van der Waals surface area contributed by atoms with Gasteiger partial charge in [0.2, 0.25) is 0 Å². The molecule has 1 heterocycles. The largest absolute Gasteiger partial charge is 0.282 e. The Labute approximate surface area is 73.4 Å². The van der Waals surface area contributed by atoms with Crippen LogP contribution in [0, 0.1) is 12.3 Å². The van der Waals surface area contributed by atoms with Gasteiger partial charge in [-0.3, -0.25) is 5.10 Å². The Morgan fingerprint density at radius 2 is 2.17 bits per heavy atom. The van der Waals surface area contributed by atoms with Crippen molar-refractivity contribution in [3.63, 3.8) is 0 Å². The average molecular weight is 164 g/mol. The zero-order chi connectivity index (χ0) is 8.77. The Balaban J connectivity index is 2.06. The van der Waals surface area contributed by atoms with Gasteiger partial charge in [0.1, 0.15) is 0 Å². The van der Waals surface area contributed by atoms with Gasteiger partial charge in [-0.2, -0.15) is 5.10 Å². The molecule has 1 aliphatic rings. The minimum atomic E-state index is 0.559. The van der Waals surface area contributed by atoms with E-state index >= 15 is 0 Å². The molecule has 66 valence electrons. The van der Waals surface area contributed by atoms with Gasteiger partial charge in [-0.15, -0.1) is 0 Å². The molecule has 0 spiro atoms. The van der Waals surface area contributed by atoms with E-state index in [0.717, 1.165) is 11.6 Å². The van der Waals surface area contributed by atoms with Gasteiger partial charge in [0.05, 0.1) is 5.69 Å². The third-order valence-corrected chi connectivity index (χ3v) is 2.76. The van der Waals surface area contributed by atoms with Crippen molar-refractivity contribution in [2.75, 3.05) is 0 Å². The third-order valence-electron chi connectivity index (χ3n) is 2.76. The molecule has 1 saturated carbocycles. The summed E-state index contributed by atoms with van der Waals surface area (Å²) in [5.41, 5.74) is 2.99. The summed E-state index contributed by atoms with van der Waals surface area (Å²) in [5, 5.41) is 7.24. The molecule has 1 N–H and O–H groups in total. The smallest absolute Gasteiger partial charge is 0.0594 e. The van der Waals surface area contributed by atoms with Crippen molar-refractivity contribution in [3.05, 3.63) is 17.5 Å². The minimum absolute atomic E-state index is 0.559. The molecule has 0 bridgehead atoms. The fourth-order valence-corrected chi connectivity index (χ4v) is 2.15. The molecule has 0 unspecified atom stereocenters. The molecule has 12 heavy (non-hydrogen) atoms. The van der Waals surface area contributed by atoms with Crippen LogP contribution in [0.25, 0.3) is 0 Å². The molecule has 1 aromatic rings. The van der Waals surface area contributed by atoms with Gasteiger partial charge in [0, 0.05) is 11.6 Å². The van der Waals surface area contributed by atoms with E-state index in [4.69, 9.17) is 0 Å². The Morgan fingerprint density at radius 1 is 1.50 bits per heavy atom. The minimum Gasteiger partial charge on any atom is -0.282 e. The van der Waals surface area contributed by atoms with Gasteiger partial charge in [-0.05, 0) is 31.2 Å². The Bertz CT molecular complexity index is 278. The summed E-state index contributed by atoms with van der Waals surface area (Å²) < 4.78 is 0. The summed E-state index contributed by atoms with van der Waals surface area (Å²) in [4.78, 5) is 0. The van der Waals surface area contributed by atoms with E-state index in [-0.39, 0.29) is 0 Å². The number of nitrogens with zero attached hydrogens (tertiary/aromatic N) is 1. The second-order valence-corrected chi connectivity index (χ2v) is 4.73. The predicted molar refractivity (Wildman–Crippen MR) is 49.1 cm³/mol. The van der Waals surface area contributed by atoms with Crippen LogP contribution in [0.4, 0.5) is 0 Å². The number of rotatable bonds is 1. The standard InChI is InChI=1S/C10H16N2/c1-7-4-9(12-11-7)8-5-10(2,3)6-8/h4,8H,5-6H2,1-3H3,(H,11,12). The molecule has 1 aliphatic carbocycles. The maximum atomic E-state index is 4.14. The third kappa shape index (κ3) is 1.26. The molecule has 0 atom stereocenters. The molecule has 2 heteroatoms. The van der Waals surface area contributed by atoms with Crippen LogP contribution in [0.5, 0.6) is 0 Å². The van der Waals surface area contributed by atoms with Gasteiger partial charge in [0.25, 0.3) is 0 Å². The fraction of sp³-hybridized carbons (Fsp3) is 0.700. The monoisotopic (exact) mass is 164 g/mol. The van der Waals surface area contributed by atoms with Gasteiger partial charge in [-0.1, -0.05) is 13.8 Å². The molecule has 0 aliphatic heterocycles. The molecular weight excluding hydrogens is 148 g/mol. The molecule has 2 nitrogen and oxygen atoms in total. The van der Waals surface area contributed by atoms with Crippen LogP contribution in [0.1, 0.15) is 44.0 Å². The fourth-order valence-electron chi connectivity index (χ4n) is 2.15. The van der Waals surface area contributed by atoms with Crippen molar-refractivity contribution in [1.29, 1.82) is 0 Å². The van der Waals surface area contributed by atoms with Crippen molar-refractivity contribution in [3.8, 4) is 0 Å². The summed E-state index contributed by atoms with van der Waals surface area (Å²) >= 11 is 0. The number of hydrogen-bond acceptors (Lipinski definition) is 1. The van der Waals surface area contributed by atoms with E-state index in [1.165, 1.54) is 18.5 Å². The zero-order valence-corrected chi connectivity index (χ0v) is 8.02. The summed E-state index contributed by atoms with van der Waals surface area (Å²) in [5.74, 6) is 0.737. The molecule has 1 aromatic heterocycles. The lowest BCUT2D eigenvalue weighted by atomic mass is 9.63. The van der Waals surface area contributed by atoms with Gasteiger partial charge >= 0.3 is 0 Å². The van der Waals surface area contributed by atoms with E-state index < -0.39 is 0 Å². The normalized spacial score (nSPS) is 22.2. The van der Waals surface area contributed by atoms with E-state index in [9.17, 15) is 0 Å². The number of aryl methyl sites for hydroxylation is 1. The number of nitrogens with one attached hydrogen (secondary N) is 1. The van der Waals surface area contributed by atoms with Crippen LogP contribution in [-0.2, 0) is 0 Å². The first kappa shape index (κ1) is 7.84. The van der Waals surface area contributed by atoms with E-state index in [1.54, 1.807) is 0 Å². The first-order valence-electron chi connectivity index (χ1n) is 4.59. The van der Waals surface area contributed by atoms with Gasteiger partial charge in [-0.25, -0.2) is 0 Å². The molecule has 0 radical (unpaired) electrons. The van der Waals surface area contributed by atoms with Crippen molar-refractivity contribution >= 4 is 0 Å². The highest BCUT2D eigenvalue weighted by Crippen LogP contribution is 2.49. The van der Waals surface area contributed by atoms with E-state index in [1.807, 2.05) is 6.92 Å². The second kappa shape index (κ2) is 2.35. The maximum absolute atomic E-state index is 4.14. The quantitative estimate of drug-likeness (QED) is 0.679. The summed E-state index contributed by atoms with van der Waals surface area (Å²) in [6.45, 7) is 6.68. The average Bonchev–Trinajstić information content (AvgIpc) is 2.30.